The minimum absolute atomic E-state index is 0. The van der Waals surface area contributed by atoms with Crippen LogP contribution in [0.15, 0.2) is 46.3 Å². The molecule has 0 atom stereocenters. The molecule has 0 amide bonds. The first-order chi connectivity index (χ1) is 8.75. The largest absolute Gasteiger partial charge is 0.492 e. The summed E-state index contributed by atoms with van der Waals surface area (Å²) in [4.78, 5) is 8.28. The third kappa shape index (κ3) is 5.38. The number of hydrogen-bond donors (Lipinski definition) is 0. The lowest BCUT2D eigenvalue weighted by molar-refractivity contribution is 0.341. The van der Waals surface area contributed by atoms with Crippen LogP contribution in [-0.2, 0) is 0 Å². The predicted molar refractivity (Wildman–Crippen MR) is 84.4 cm³/mol. The predicted octanol–water partition coefficient (Wildman–Crippen LogP) is 4.14. The van der Waals surface area contributed by atoms with E-state index in [9.17, 15) is 0 Å². The van der Waals surface area contributed by atoms with E-state index in [0.717, 1.165) is 21.1 Å². The van der Waals surface area contributed by atoms with Gasteiger partial charge in [-0.15, -0.1) is 12.4 Å². The second-order valence-corrected chi connectivity index (χ2v) is 5.58. The lowest BCUT2D eigenvalue weighted by atomic mass is 10.2. The summed E-state index contributed by atoms with van der Waals surface area (Å²) in [5, 5.41) is 0.782. The Bertz CT molecular complexity index is 513. The molecular weight excluding hydrogens is 348 g/mol. The van der Waals surface area contributed by atoms with Gasteiger partial charge in [0.05, 0.1) is 11.1 Å². The summed E-state index contributed by atoms with van der Waals surface area (Å²) in [6, 6.07) is 7.86. The van der Waals surface area contributed by atoms with Gasteiger partial charge in [0.15, 0.2) is 5.16 Å². The van der Waals surface area contributed by atoms with Crippen molar-refractivity contribution in [2.45, 2.75) is 12.1 Å². The van der Waals surface area contributed by atoms with Crippen LogP contribution < -0.4 is 4.74 Å². The van der Waals surface area contributed by atoms with E-state index in [-0.39, 0.29) is 12.4 Å². The molecule has 19 heavy (non-hydrogen) atoms. The molecule has 0 aliphatic carbocycles. The van der Waals surface area contributed by atoms with Gasteiger partial charge in [-0.05, 0) is 46.6 Å². The molecule has 1 heterocycles. The Hall–Kier alpha value is -0.780. The quantitative estimate of drug-likeness (QED) is 0.455. The molecule has 6 heteroatoms. The molecule has 3 nitrogen and oxygen atoms in total. The van der Waals surface area contributed by atoms with Gasteiger partial charge in [0.2, 0.25) is 0 Å². The number of benzene rings is 1. The first kappa shape index (κ1) is 16.3. The first-order valence-electron chi connectivity index (χ1n) is 5.54. The molecule has 102 valence electrons. The summed E-state index contributed by atoms with van der Waals surface area (Å²) < 4.78 is 6.68. The highest BCUT2D eigenvalue weighted by Gasteiger charge is 2.01. The summed E-state index contributed by atoms with van der Waals surface area (Å²) in [6.45, 7) is 2.68. The van der Waals surface area contributed by atoms with Crippen LogP contribution in [0.5, 0.6) is 5.75 Å². The topological polar surface area (TPSA) is 35.0 Å². The van der Waals surface area contributed by atoms with Gasteiger partial charge in [-0.1, -0.05) is 17.8 Å². The smallest absolute Gasteiger partial charge is 0.187 e. The van der Waals surface area contributed by atoms with Crippen LogP contribution in [0.2, 0.25) is 0 Å². The van der Waals surface area contributed by atoms with Crippen molar-refractivity contribution in [3.8, 4) is 5.75 Å². The van der Waals surface area contributed by atoms with E-state index in [0.29, 0.717) is 6.61 Å². The van der Waals surface area contributed by atoms with Crippen molar-refractivity contribution >= 4 is 40.1 Å². The van der Waals surface area contributed by atoms with Crippen molar-refractivity contribution in [1.82, 2.24) is 9.97 Å². The molecule has 0 spiro atoms. The Labute approximate surface area is 131 Å². The number of rotatable bonds is 5. The fourth-order valence-electron chi connectivity index (χ4n) is 1.37. The second kappa shape index (κ2) is 8.40. The molecule has 0 N–H and O–H groups in total. The Morgan fingerprint density at radius 1 is 1.26 bits per heavy atom. The van der Waals surface area contributed by atoms with Gasteiger partial charge < -0.3 is 4.74 Å². The van der Waals surface area contributed by atoms with E-state index in [2.05, 4.69) is 32.8 Å². The molecular formula is C13H14BrClN2OS. The van der Waals surface area contributed by atoms with Crippen molar-refractivity contribution in [2.24, 2.45) is 0 Å². The van der Waals surface area contributed by atoms with Crippen molar-refractivity contribution in [1.29, 1.82) is 0 Å². The van der Waals surface area contributed by atoms with Gasteiger partial charge in [0, 0.05) is 18.1 Å². The van der Waals surface area contributed by atoms with Crippen LogP contribution in [0.25, 0.3) is 0 Å². The molecule has 0 fully saturated rings. The minimum Gasteiger partial charge on any atom is -0.492 e. The zero-order valence-electron chi connectivity index (χ0n) is 10.4. The average molecular weight is 362 g/mol. The highest BCUT2D eigenvalue weighted by atomic mass is 79.9. The molecule has 0 saturated heterocycles. The Kier molecular flexibility index (Phi) is 7.20. The van der Waals surface area contributed by atoms with E-state index in [1.54, 1.807) is 24.2 Å². The van der Waals surface area contributed by atoms with Gasteiger partial charge >= 0.3 is 0 Å². The molecule has 1 aromatic carbocycles. The molecule has 0 aliphatic rings. The number of aryl methyl sites for hydroxylation is 1. The van der Waals surface area contributed by atoms with Crippen molar-refractivity contribution in [3.63, 3.8) is 0 Å². The number of aromatic nitrogens is 2. The lowest BCUT2D eigenvalue weighted by Crippen LogP contribution is -2.01. The molecule has 1 aromatic heterocycles. The van der Waals surface area contributed by atoms with Crippen molar-refractivity contribution in [2.75, 3.05) is 12.4 Å². The molecule has 2 rings (SSSR count). The summed E-state index contributed by atoms with van der Waals surface area (Å²) in [5.74, 6) is 1.69. The molecule has 0 saturated carbocycles. The van der Waals surface area contributed by atoms with Gasteiger partial charge in [0.25, 0.3) is 0 Å². The monoisotopic (exact) mass is 360 g/mol. The maximum atomic E-state index is 5.69. The van der Waals surface area contributed by atoms with Crippen molar-refractivity contribution in [3.05, 3.63) is 46.7 Å². The average Bonchev–Trinajstić information content (AvgIpc) is 2.38. The Balaban J connectivity index is 0.00000180. The zero-order valence-corrected chi connectivity index (χ0v) is 13.6. The van der Waals surface area contributed by atoms with Crippen LogP contribution in [0, 0.1) is 6.92 Å². The Morgan fingerprint density at radius 2 is 2.00 bits per heavy atom. The maximum absolute atomic E-state index is 5.69. The second-order valence-electron chi connectivity index (χ2n) is 3.66. The molecule has 0 bridgehead atoms. The van der Waals surface area contributed by atoms with E-state index in [4.69, 9.17) is 4.74 Å². The van der Waals surface area contributed by atoms with Crippen LogP contribution >= 0.6 is 40.1 Å². The number of thioether (sulfide) groups is 1. The van der Waals surface area contributed by atoms with Gasteiger partial charge in [0.1, 0.15) is 5.75 Å². The lowest BCUT2D eigenvalue weighted by Gasteiger charge is -2.08. The molecule has 0 aliphatic heterocycles. The third-order valence-corrected chi connectivity index (χ3v) is 3.66. The minimum atomic E-state index is 0. The van der Waals surface area contributed by atoms with Gasteiger partial charge in [-0.2, -0.15) is 0 Å². The fourth-order valence-corrected chi connectivity index (χ4v) is 2.60. The number of halogens is 2. The Morgan fingerprint density at radius 3 is 2.68 bits per heavy atom. The van der Waals surface area contributed by atoms with Crippen LogP contribution in [0.3, 0.4) is 0 Å². The summed E-state index contributed by atoms with van der Waals surface area (Å²) in [5.41, 5.74) is 1.21. The maximum Gasteiger partial charge on any atom is 0.187 e. The summed E-state index contributed by atoms with van der Waals surface area (Å²) in [7, 11) is 0. The standard InChI is InChI=1S/C13H13BrN2OS.ClH/c1-10-3-4-12(11(14)9-10)17-7-8-18-13-15-5-2-6-16-13;/h2-6,9H,7-8H2,1H3;1H. The zero-order chi connectivity index (χ0) is 12.8. The molecule has 2 aromatic rings. The van der Waals surface area contributed by atoms with E-state index < -0.39 is 0 Å². The normalized spacial score (nSPS) is 9.79. The molecule has 0 unspecified atom stereocenters. The van der Waals surface area contributed by atoms with E-state index >= 15 is 0 Å². The summed E-state index contributed by atoms with van der Waals surface area (Å²) in [6.07, 6.45) is 3.49. The first-order valence-corrected chi connectivity index (χ1v) is 7.32. The fraction of sp³-hybridized carbons (Fsp3) is 0.231. The van der Waals surface area contributed by atoms with Crippen molar-refractivity contribution < 1.29 is 4.74 Å². The van der Waals surface area contributed by atoms with Crippen LogP contribution in [0.4, 0.5) is 0 Å². The highest BCUT2D eigenvalue weighted by molar-refractivity contribution is 9.10. The third-order valence-electron chi connectivity index (χ3n) is 2.20. The number of ether oxygens (including phenoxy) is 1. The van der Waals surface area contributed by atoms with E-state index in [1.165, 1.54) is 5.56 Å². The summed E-state index contributed by atoms with van der Waals surface area (Å²) >= 11 is 5.07. The van der Waals surface area contributed by atoms with E-state index in [1.807, 2.05) is 24.3 Å². The number of hydrogen-bond acceptors (Lipinski definition) is 4. The van der Waals surface area contributed by atoms with Gasteiger partial charge in [-0.25, -0.2) is 9.97 Å². The van der Waals surface area contributed by atoms with Crippen LogP contribution in [-0.4, -0.2) is 22.3 Å². The SMILES string of the molecule is Cc1ccc(OCCSc2ncccn2)c(Br)c1.Cl. The van der Waals surface area contributed by atoms with Gasteiger partial charge in [-0.3, -0.25) is 0 Å². The number of nitrogens with zero attached hydrogens (tertiary/aromatic N) is 2. The molecule has 0 radical (unpaired) electrons. The van der Waals surface area contributed by atoms with Crippen LogP contribution in [0.1, 0.15) is 5.56 Å². The highest BCUT2D eigenvalue weighted by Crippen LogP contribution is 2.26.